The first-order chi connectivity index (χ1) is 6.54. The van der Waals surface area contributed by atoms with Crippen LogP contribution in [0.5, 0.6) is 0 Å². The van der Waals surface area contributed by atoms with Gasteiger partial charge in [-0.1, -0.05) is 13.8 Å². The van der Waals surface area contributed by atoms with Crippen LogP contribution in [0.25, 0.3) is 0 Å². The molecule has 1 unspecified atom stereocenters. The molecule has 0 amide bonds. The molecule has 80 valence electrons. The summed E-state index contributed by atoms with van der Waals surface area (Å²) in [5.41, 5.74) is 0.184. The van der Waals surface area contributed by atoms with Crippen molar-refractivity contribution < 1.29 is 9.53 Å². The van der Waals surface area contributed by atoms with Crippen molar-refractivity contribution in [3.8, 4) is 0 Å². The zero-order valence-corrected chi connectivity index (χ0v) is 8.82. The lowest BCUT2D eigenvalue weighted by molar-refractivity contribution is -0.127. The van der Waals surface area contributed by atoms with Gasteiger partial charge in [-0.2, -0.15) is 0 Å². The second kappa shape index (κ2) is 3.29. The van der Waals surface area contributed by atoms with Crippen molar-refractivity contribution in [3.63, 3.8) is 0 Å². The van der Waals surface area contributed by atoms with Gasteiger partial charge in [0.1, 0.15) is 0 Å². The van der Waals surface area contributed by atoms with E-state index in [1.54, 1.807) is 5.01 Å². The van der Waals surface area contributed by atoms with E-state index >= 15 is 0 Å². The van der Waals surface area contributed by atoms with Crippen molar-refractivity contribution in [2.75, 3.05) is 19.8 Å². The summed E-state index contributed by atoms with van der Waals surface area (Å²) in [6.07, 6.45) is 0.876. The van der Waals surface area contributed by atoms with Gasteiger partial charge in [-0.25, -0.2) is 5.01 Å². The van der Waals surface area contributed by atoms with Gasteiger partial charge in [0.05, 0.1) is 19.3 Å². The minimum Gasteiger partial charge on any atom is -0.380 e. The number of carbonyl (C=O) groups excluding carboxylic acids is 1. The molecule has 2 fully saturated rings. The second-order valence-electron chi connectivity index (χ2n) is 4.94. The van der Waals surface area contributed by atoms with Crippen LogP contribution in [0.15, 0.2) is 0 Å². The molecule has 1 atom stereocenters. The van der Waals surface area contributed by atoms with Gasteiger partial charge < -0.3 is 4.74 Å². The molecule has 0 radical (unpaired) electrons. The van der Waals surface area contributed by atoms with Crippen LogP contribution in [0.2, 0.25) is 0 Å². The van der Waals surface area contributed by atoms with Gasteiger partial charge in [0.15, 0.2) is 5.78 Å². The molecule has 0 aliphatic carbocycles. The summed E-state index contributed by atoms with van der Waals surface area (Å²) < 4.78 is 5.20. The Morgan fingerprint density at radius 2 is 2.21 bits per heavy atom. The SMILES string of the molecule is CC(C)C(=O)C1CC2(COC2)CN1N. The summed E-state index contributed by atoms with van der Waals surface area (Å²) in [5.74, 6) is 6.19. The average molecular weight is 198 g/mol. The molecule has 1 spiro atoms. The lowest BCUT2D eigenvalue weighted by Crippen LogP contribution is -2.46. The van der Waals surface area contributed by atoms with Gasteiger partial charge in [0.25, 0.3) is 0 Å². The number of Topliss-reactive ketones (excluding diaryl/α,β-unsaturated/α-hetero) is 1. The molecule has 14 heavy (non-hydrogen) atoms. The molecule has 2 rings (SSSR count). The first kappa shape index (κ1) is 10.1. The van der Waals surface area contributed by atoms with Crippen LogP contribution in [-0.4, -0.2) is 36.6 Å². The maximum Gasteiger partial charge on any atom is 0.153 e. The van der Waals surface area contributed by atoms with E-state index < -0.39 is 0 Å². The first-order valence-electron chi connectivity index (χ1n) is 5.17. The number of carbonyl (C=O) groups is 1. The number of hydrazine groups is 1. The lowest BCUT2D eigenvalue weighted by atomic mass is 9.82. The van der Waals surface area contributed by atoms with E-state index in [1.165, 1.54) is 0 Å². The Labute approximate surface area is 84.4 Å². The van der Waals surface area contributed by atoms with Gasteiger partial charge in [-0.3, -0.25) is 10.6 Å². The summed E-state index contributed by atoms with van der Waals surface area (Å²) in [6, 6.07) is -0.0844. The molecule has 2 saturated heterocycles. The van der Waals surface area contributed by atoms with Crippen LogP contribution >= 0.6 is 0 Å². The average Bonchev–Trinajstić information content (AvgIpc) is 2.41. The van der Waals surface area contributed by atoms with E-state index in [-0.39, 0.29) is 23.2 Å². The fourth-order valence-corrected chi connectivity index (χ4v) is 2.34. The van der Waals surface area contributed by atoms with Gasteiger partial charge in [-0.15, -0.1) is 0 Å². The molecule has 2 aliphatic rings. The number of rotatable bonds is 2. The van der Waals surface area contributed by atoms with E-state index in [2.05, 4.69) is 0 Å². The predicted octanol–water partition coefficient (Wildman–Crippen LogP) is 0.176. The molecule has 2 aliphatic heterocycles. The largest absolute Gasteiger partial charge is 0.380 e. The topological polar surface area (TPSA) is 55.6 Å². The zero-order chi connectivity index (χ0) is 10.3. The fourth-order valence-electron chi connectivity index (χ4n) is 2.34. The van der Waals surface area contributed by atoms with Crippen molar-refractivity contribution in [1.29, 1.82) is 0 Å². The molecule has 2 heterocycles. The minimum atomic E-state index is -0.0844. The molecular weight excluding hydrogens is 180 g/mol. The summed E-state index contributed by atoms with van der Waals surface area (Å²) in [6.45, 7) is 6.19. The Morgan fingerprint density at radius 1 is 1.57 bits per heavy atom. The van der Waals surface area contributed by atoms with Crippen molar-refractivity contribution in [1.82, 2.24) is 5.01 Å². The maximum atomic E-state index is 11.8. The van der Waals surface area contributed by atoms with Crippen LogP contribution in [0, 0.1) is 11.3 Å². The van der Waals surface area contributed by atoms with Crippen molar-refractivity contribution >= 4 is 5.78 Å². The summed E-state index contributed by atoms with van der Waals surface area (Å²) in [5, 5.41) is 1.70. The van der Waals surface area contributed by atoms with Crippen molar-refractivity contribution in [2.45, 2.75) is 26.3 Å². The van der Waals surface area contributed by atoms with Crippen LogP contribution in [0.3, 0.4) is 0 Å². The van der Waals surface area contributed by atoms with Crippen LogP contribution in [-0.2, 0) is 9.53 Å². The highest BCUT2D eigenvalue weighted by Gasteiger charge is 2.50. The normalized spacial score (nSPS) is 31.0. The number of nitrogens with zero attached hydrogens (tertiary/aromatic N) is 1. The van der Waals surface area contributed by atoms with Gasteiger partial charge >= 0.3 is 0 Å². The molecule has 0 bridgehead atoms. The highest BCUT2D eigenvalue weighted by molar-refractivity contribution is 5.86. The fraction of sp³-hybridized carbons (Fsp3) is 0.900. The number of hydrogen-bond donors (Lipinski definition) is 1. The van der Waals surface area contributed by atoms with Gasteiger partial charge in [0.2, 0.25) is 0 Å². The molecule has 4 heteroatoms. The molecular formula is C10H18N2O2. The second-order valence-corrected chi connectivity index (χ2v) is 4.94. The first-order valence-corrected chi connectivity index (χ1v) is 5.17. The van der Waals surface area contributed by atoms with Crippen LogP contribution < -0.4 is 5.84 Å². The molecule has 2 N–H and O–H groups in total. The quantitative estimate of drug-likeness (QED) is 0.643. The third-order valence-corrected chi connectivity index (χ3v) is 3.26. The highest BCUT2D eigenvalue weighted by atomic mass is 16.5. The summed E-state index contributed by atoms with van der Waals surface area (Å²) >= 11 is 0. The van der Waals surface area contributed by atoms with Gasteiger partial charge in [0, 0.05) is 17.9 Å². The van der Waals surface area contributed by atoms with E-state index in [4.69, 9.17) is 10.6 Å². The predicted molar refractivity (Wildman–Crippen MR) is 52.4 cm³/mol. The van der Waals surface area contributed by atoms with Crippen molar-refractivity contribution in [3.05, 3.63) is 0 Å². The monoisotopic (exact) mass is 198 g/mol. The Balaban J connectivity index is 2.04. The van der Waals surface area contributed by atoms with E-state index in [0.717, 1.165) is 26.2 Å². The maximum absolute atomic E-state index is 11.8. The van der Waals surface area contributed by atoms with Crippen molar-refractivity contribution in [2.24, 2.45) is 17.2 Å². The minimum absolute atomic E-state index is 0.0715. The number of ketones is 1. The third kappa shape index (κ3) is 1.47. The Hall–Kier alpha value is -0.450. The summed E-state index contributed by atoms with van der Waals surface area (Å²) in [7, 11) is 0. The van der Waals surface area contributed by atoms with Crippen LogP contribution in [0.4, 0.5) is 0 Å². The number of hydrogen-bond acceptors (Lipinski definition) is 4. The Morgan fingerprint density at radius 3 is 2.57 bits per heavy atom. The molecule has 0 aromatic carbocycles. The van der Waals surface area contributed by atoms with E-state index in [9.17, 15) is 4.79 Å². The standard InChI is InChI=1S/C10H18N2O2/c1-7(2)9(13)8-3-10(4-12(8)11)5-14-6-10/h7-8H,3-6,11H2,1-2H3. The van der Waals surface area contributed by atoms with E-state index in [1.807, 2.05) is 13.8 Å². The highest BCUT2D eigenvalue weighted by Crippen LogP contribution is 2.40. The smallest absolute Gasteiger partial charge is 0.153 e. The Bertz CT molecular complexity index is 249. The number of ether oxygens (including phenoxy) is 1. The molecule has 4 nitrogen and oxygen atoms in total. The third-order valence-electron chi connectivity index (χ3n) is 3.26. The molecule has 0 aromatic heterocycles. The Kier molecular flexibility index (Phi) is 2.37. The molecule has 0 saturated carbocycles. The summed E-state index contributed by atoms with van der Waals surface area (Å²) in [4.78, 5) is 11.8. The van der Waals surface area contributed by atoms with Gasteiger partial charge in [-0.05, 0) is 6.42 Å². The zero-order valence-electron chi connectivity index (χ0n) is 8.82. The van der Waals surface area contributed by atoms with E-state index in [0.29, 0.717) is 0 Å². The number of nitrogens with two attached hydrogens (primary N) is 1. The van der Waals surface area contributed by atoms with Crippen LogP contribution in [0.1, 0.15) is 20.3 Å². The lowest BCUT2D eigenvalue weighted by Gasteiger charge is -2.37. The molecule has 0 aromatic rings.